The summed E-state index contributed by atoms with van der Waals surface area (Å²) in [6.45, 7) is 5.94. The van der Waals surface area contributed by atoms with Crippen LogP contribution in [0.15, 0.2) is 0 Å². The maximum Gasteiger partial charge on any atom is 0.322 e. The number of likely N-dealkylation sites (tertiary alicyclic amines) is 1. The molecular formula is C15H23N3O6S. The van der Waals surface area contributed by atoms with Gasteiger partial charge in [-0.1, -0.05) is 0 Å². The fraction of sp³-hybridized carbons (Fsp3) is 0.667. The van der Waals surface area contributed by atoms with Crippen LogP contribution in [0, 0.1) is 0 Å². The number of amides is 4. The summed E-state index contributed by atoms with van der Waals surface area (Å²) in [4.78, 5) is 59.4. The molecule has 1 rings (SSSR count). The third kappa shape index (κ3) is 6.04. The molecule has 9 nitrogen and oxygen atoms in total. The summed E-state index contributed by atoms with van der Waals surface area (Å²) in [5, 5.41) is 12.6. The van der Waals surface area contributed by atoms with Crippen molar-refractivity contribution in [1.82, 2.24) is 15.5 Å². The van der Waals surface area contributed by atoms with Crippen molar-refractivity contribution in [1.29, 1.82) is 0 Å². The molecule has 10 heteroatoms. The largest absolute Gasteiger partial charge is 0.480 e. The number of nitrogens with one attached hydrogen (secondary N) is 2. The second-order valence-electron chi connectivity index (χ2n) is 6.63. The zero-order valence-corrected chi connectivity index (χ0v) is 15.4. The molecule has 4 amide bonds. The van der Waals surface area contributed by atoms with Crippen molar-refractivity contribution in [2.75, 3.05) is 12.3 Å². The number of hydrogen-bond acceptors (Lipinski definition) is 6. The number of thioether (sulfide) groups is 1. The molecule has 0 spiro atoms. The lowest BCUT2D eigenvalue weighted by molar-refractivity contribution is -0.143. The summed E-state index contributed by atoms with van der Waals surface area (Å²) in [7, 11) is 0. The number of carbonyl (C=O) groups is 5. The van der Waals surface area contributed by atoms with Gasteiger partial charge in [0.15, 0.2) is 0 Å². The Bertz CT molecular complexity index is 586. The van der Waals surface area contributed by atoms with Gasteiger partial charge in [0.25, 0.3) is 0 Å². The molecular weight excluding hydrogens is 350 g/mol. The van der Waals surface area contributed by atoms with Gasteiger partial charge in [-0.3, -0.25) is 28.9 Å². The SMILES string of the molecule is CC(=O)N[C@@H](CSC1CC(=O)N(C(C)(C)C)C1=O)C(=O)NCC(=O)O. The molecule has 3 N–H and O–H groups in total. The lowest BCUT2D eigenvalue weighted by atomic mass is 10.1. The topological polar surface area (TPSA) is 133 Å². The Kier molecular flexibility index (Phi) is 6.97. The molecule has 2 atom stereocenters. The van der Waals surface area contributed by atoms with Crippen LogP contribution in [0.1, 0.15) is 34.1 Å². The van der Waals surface area contributed by atoms with Crippen LogP contribution in [0.2, 0.25) is 0 Å². The number of hydrogen-bond donors (Lipinski definition) is 3. The van der Waals surface area contributed by atoms with Crippen LogP contribution >= 0.6 is 11.8 Å². The fourth-order valence-electron chi connectivity index (χ4n) is 2.37. The summed E-state index contributed by atoms with van der Waals surface area (Å²) in [5.74, 6) is -2.88. The summed E-state index contributed by atoms with van der Waals surface area (Å²) < 4.78 is 0. The molecule has 0 aromatic rings. The van der Waals surface area contributed by atoms with Crippen molar-refractivity contribution in [2.45, 2.75) is 50.9 Å². The molecule has 1 saturated heterocycles. The van der Waals surface area contributed by atoms with Gasteiger partial charge in [0.1, 0.15) is 12.6 Å². The highest BCUT2D eigenvalue weighted by Crippen LogP contribution is 2.30. The summed E-state index contributed by atoms with van der Waals surface area (Å²) in [6, 6.07) is -0.992. The predicted molar refractivity (Wildman–Crippen MR) is 90.7 cm³/mol. The standard InChI is InChI=1S/C15H23N3O6S/c1-8(19)17-9(13(23)16-6-12(21)22)7-25-10-5-11(20)18(14(10)24)15(2,3)4/h9-10H,5-7H2,1-4H3,(H,16,23)(H,17,19)(H,21,22)/t9-,10?/m0/s1. The first-order chi connectivity index (χ1) is 11.4. The third-order valence-corrected chi connectivity index (χ3v) is 4.64. The molecule has 140 valence electrons. The number of carbonyl (C=O) groups excluding carboxylic acids is 4. The molecule has 0 aromatic carbocycles. The summed E-state index contributed by atoms with van der Waals surface area (Å²) in [5.41, 5.74) is -0.626. The molecule has 1 heterocycles. The van der Waals surface area contributed by atoms with E-state index in [1.54, 1.807) is 20.8 Å². The highest BCUT2D eigenvalue weighted by molar-refractivity contribution is 8.00. The first kappa shape index (κ1) is 20.9. The van der Waals surface area contributed by atoms with Gasteiger partial charge >= 0.3 is 5.97 Å². The maximum atomic E-state index is 12.4. The Morgan fingerprint density at radius 1 is 1.32 bits per heavy atom. The molecule has 0 saturated carbocycles. The van der Waals surface area contributed by atoms with Crippen molar-refractivity contribution < 1.29 is 29.1 Å². The lowest BCUT2D eigenvalue weighted by Gasteiger charge is -2.30. The average Bonchev–Trinajstić information content (AvgIpc) is 2.74. The predicted octanol–water partition coefficient (Wildman–Crippen LogP) is -0.649. The van der Waals surface area contributed by atoms with E-state index in [1.807, 2.05) is 0 Å². The van der Waals surface area contributed by atoms with Crippen molar-refractivity contribution in [3.05, 3.63) is 0 Å². The molecule has 1 aliphatic rings. The molecule has 0 bridgehead atoms. The van der Waals surface area contributed by atoms with E-state index in [1.165, 1.54) is 11.8 Å². The van der Waals surface area contributed by atoms with E-state index < -0.39 is 41.2 Å². The van der Waals surface area contributed by atoms with Gasteiger partial charge in [0, 0.05) is 24.6 Å². The van der Waals surface area contributed by atoms with Gasteiger partial charge in [-0.15, -0.1) is 11.8 Å². The summed E-state index contributed by atoms with van der Waals surface area (Å²) in [6.07, 6.45) is 0.0321. The summed E-state index contributed by atoms with van der Waals surface area (Å²) >= 11 is 1.09. The van der Waals surface area contributed by atoms with Crippen molar-refractivity contribution in [2.24, 2.45) is 0 Å². The number of imide groups is 1. The van der Waals surface area contributed by atoms with E-state index in [0.717, 1.165) is 11.8 Å². The number of aliphatic carboxylic acids is 1. The number of carboxylic acid groups (broad SMARTS) is 1. The van der Waals surface area contributed by atoms with E-state index in [4.69, 9.17) is 5.11 Å². The normalized spacial score (nSPS) is 18.9. The first-order valence-electron chi connectivity index (χ1n) is 7.68. The van der Waals surface area contributed by atoms with E-state index in [-0.39, 0.29) is 24.0 Å². The van der Waals surface area contributed by atoms with Crippen molar-refractivity contribution in [3.63, 3.8) is 0 Å². The highest BCUT2D eigenvalue weighted by atomic mass is 32.2. The van der Waals surface area contributed by atoms with E-state index in [2.05, 4.69) is 10.6 Å². The maximum absolute atomic E-state index is 12.4. The molecule has 1 aliphatic heterocycles. The molecule has 1 unspecified atom stereocenters. The van der Waals surface area contributed by atoms with Crippen LogP contribution in [0.4, 0.5) is 0 Å². The number of nitrogens with zero attached hydrogens (tertiary/aromatic N) is 1. The van der Waals surface area contributed by atoms with E-state index in [9.17, 15) is 24.0 Å². The molecule has 0 radical (unpaired) electrons. The highest BCUT2D eigenvalue weighted by Gasteiger charge is 2.44. The van der Waals surface area contributed by atoms with Crippen LogP contribution in [-0.2, 0) is 24.0 Å². The monoisotopic (exact) mass is 373 g/mol. The second-order valence-corrected chi connectivity index (χ2v) is 7.86. The van der Waals surface area contributed by atoms with Crippen molar-refractivity contribution >= 4 is 41.4 Å². The van der Waals surface area contributed by atoms with Gasteiger partial charge in [-0.25, -0.2) is 0 Å². The lowest BCUT2D eigenvalue weighted by Crippen LogP contribution is -2.49. The Labute approximate surface area is 149 Å². The van der Waals surface area contributed by atoms with Gasteiger partial charge < -0.3 is 15.7 Å². The van der Waals surface area contributed by atoms with Crippen molar-refractivity contribution in [3.8, 4) is 0 Å². The second kappa shape index (κ2) is 8.32. The average molecular weight is 373 g/mol. The quantitative estimate of drug-likeness (QED) is 0.505. The minimum Gasteiger partial charge on any atom is -0.480 e. The van der Waals surface area contributed by atoms with Gasteiger partial charge in [-0.05, 0) is 20.8 Å². The van der Waals surface area contributed by atoms with E-state index >= 15 is 0 Å². The Hall–Kier alpha value is -2.10. The molecule has 0 aromatic heterocycles. The minimum absolute atomic E-state index is 0.0321. The Morgan fingerprint density at radius 3 is 2.36 bits per heavy atom. The van der Waals surface area contributed by atoms with Gasteiger partial charge in [0.05, 0.1) is 5.25 Å². The van der Waals surface area contributed by atoms with Crippen LogP contribution < -0.4 is 10.6 Å². The number of carboxylic acids is 1. The van der Waals surface area contributed by atoms with Crippen LogP contribution in [0.3, 0.4) is 0 Å². The van der Waals surface area contributed by atoms with Crippen LogP contribution in [0.5, 0.6) is 0 Å². The minimum atomic E-state index is -1.21. The molecule has 1 fully saturated rings. The third-order valence-electron chi connectivity index (χ3n) is 3.35. The smallest absolute Gasteiger partial charge is 0.322 e. The molecule has 25 heavy (non-hydrogen) atoms. The van der Waals surface area contributed by atoms with E-state index in [0.29, 0.717) is 0 Å². The number of rotatable bonds is 7. The molecule has 0 aliphatic carbocycles. The van der Waals surface area contributed by atoms with Crippen LogP contribution in [-0.4, -0.2) is 68.7 Å². The fourth-order valence-corrected chi connectivity index (χ4v) is 3.53. The zero-order valence-electron chi connectivity index (χ0n) is 14.6. The van der Waals surface area contributed by atoms with Crippen LogP contribution in [0.25, 0.3) is 0 Å². The Balaban J connectivity index is 2.72. The van der Waals surface area contributed by atoms with Gasteiger partial charge in [0.2, 0.25) is 23.6 Å². The Morgan fingerprint density at radius 2 is 1.92 bits per heavy atom. The zero-order chi connectivity index (χ0) is 19.4. The van der Waals surface area contributed by atoms with Gasteiger partial charge in [-0.2, -0.15) is 0 Å². The first-order valence-corrected chi connectivity index (χ1v) is 8.73.